The van der Waals surface area contributed by atoms with Crippen LogP contribution in [0.2, 0.25) is 0 Å². The molecular weight excluding hydrogens is 243 g/mol. The van der Waals surface area contributed by atoms with Crippen LogP contribution in [-0.2, 0) is 0 Å². The van der Waals surface area contributed by atoms with E-state index in [1.165, 1.54) is 5.56 Å². The molecule has 0 saturated carbocycles. The molecule has 0 heterocycles. The van der Waals surface area contributed by atoms with E-state index in [4.69, 9.17) is 33.2 Å². The van der Waals surface area contributed by atoms with E-state index in [0.29, 0.717) is 0 Å². The zero-order valence-electron chi connectivity index (χ0n) is 7.10. The van der Waals surface area contributed by atoms with Gasteiger partial charge in [-0.3, -0.25) is 0 Å². The Morgan fingerprint density at radius 3 is 2.08 bits per heavy atom. The van der Waals surface area contributed by atoms with Gasteiger partial charge in [-0.05, 0) is 12.5 Å². The molecule has 0 saturated heterocycles. The van der Waals surface area contributed by atoms with Crippen LogP contribution in [0.1, 0.15) is 11.1 Å². The number of hydrogen-bond acceptors (Lipinski definition) is 0. The second kappa shape index (κ2) is 4.51. The van der Waals surface area contributed by atoms with Gasteiger partial charge in [0.05, 0.1) is 0 Å². The highest BCUT2D eigenvalue weighted by atomic mass is 35.8. The van der Waals surface area contributed by atoms with Crippen LogP contribution < -0.4 is 0 Å². The number of aryl methyl sites for hydroxylation is 1. The van der Waals surface area contributed by atoms with Gasteiger partial charge in [-0.15, -0.1) is 33.2 Å². The minimum Gasteiger partial charge on any atom is -0.121 e. The van der Waals surface area contributed by atoms with Crippen LogP contribution in [0.25, 0.3) is 6.08 Å². The van der Waals surface area contributed by atoms with E-state index in [9.17, 15) is 0 Å². The second-order valence-corrected chi connectivity index (χ2v) is 11.3. The van der Waals surface area contributed by atoms with Crippen molar-refractivity contribution in [2.75, 3.05) is 0 Å². The highest BCUT2D eigenvalue weighted by molar-refractivity contribution is 7.66. The monoisotopic (exact) mass is 250 g/mol. The van der Waals surface area contributed by atoms with E-state index >= 15 is 0 Å². The smallest absolute Gasteiger partial charge is 0.121 e. The van der Waals surface area contributed by atoms with Crippen molar-refractivity contribution in [3.8, 4) is 0 Å². The molecule has 13 heavy (non-hydrogen) atoms. The highest BCUT2D eigenvalue weighted by Gasteiger charge is 2.19. The van der Waals surface area contributed by atoms with Gasteiger partial charge in [0.15, 0.2) is 0 Å². The predicted octanol–water partition coefficient (Wildman–Crippen LogP) is 4.20. The Morgan fingerprint density at radius 1 is 1.08 bits per heavy atom. The predicted molar refractivity (Wildman–Crippen MR) is 63.5 cm³/mol. The lowest BCUT2D eigenvalue weighted by Crippen LogP contribution is -2.02. The third kappa shape index (κ3) is 4.72. The number of benzene rings is 1. The number of rotatable bonds is 2. The lowest BCUT2D eigenvalue weighted by molar-refractivity contribution is 1.46. The quantitative estimate of drug-likeness (QED) is 0.546. The number of halogens is 3. The van der Waals surface area contributed by atoms with E-state index in [-0.39, 0.29) is 0 Å². The van der Waals surface area contributed by atoms with E-state index < -0.39 is 6.00 Å². The van der Waals surface area contributed by atoms with Crippen LogP contribution in [0.3, 0.4) is 0 Å². The summed E-state index contributed by atoms with van der Waals surface area (Å²) in [6.45, 7) is 2.04. The van der Waals surface area contributed by atoms with E-state index in [1.54, 1.807) is 5.70 Å². The summed E-state index contributed by atoms with van der Waals surface area (Å²) in [5.74, 6) is 0. The Hall–Kier alpha value is 0.0469. The molecule has 0 aliphatic carbocycles. The average Bonchev–Trinajstić information content (AvgIpc) is 2.02. The first-order chi connectivity index (χ1) is 5.97. The Balaban J connectivity index is 2.75. The summed E-state index contributed by atoms with van der Waals surface area (Å²) in [6, 6.07) is 5.43. The maximum atomic E-state index is 5.70. The molecule has 0 unspecified atom stereocenters. The lowest BCUT2D eigenvalue weighted by atomic mass is 10.2. The Labute approximate surface area is 93.2 Å². The van der Waals surface area contributed by atoms with Gasteiger partial charge in [0.2, 0.25) is 0 Å². The molecule has 0 spiro atoms. The summed E-state index contributed by atoms with van der Waals surface area (Å²) in [5, 5.41) is 0. The Bertz CT molecular complexity index is 298. The van der Waals surface area contributed by atoms with Gasteiger partial charge in [0.1, 0.15) is 0 Å². The van der Waals surface area contributed by atoms with Gasteiger partial charge in [-0.2, -0.15) is 0 Å². The van der Waals surface area contributed by atoms with Gasteiger partial charge >= 0.3 is 6.00 Å². The van der Waals surface area contributed by atoms with Crippen LogP contribution in [-0.4, -0.2) is 6.00 Å². The standard InChI is InChI=1S/C9H9Cl3Si/c1-8-2-4-9(5-3-8)6-7-13(10,11)12/h2-7H,1H3. The zero-order chi connectivity index (χ0) is 9.90. The van der Waals surface area contributed by atoms with E-state index in [2.05, 4.69) is 0 Å². The largest absolute Gasteiger partial charge is 0.365 e. The van der Waals surface area contributed by atoms with Crippen molar-refractivity contribution in [2.24, 2.45) is 0 Å². The first-order valence-corrected chi connectivity index (χ1v) is 8.91. The first kappa shape index (κ1) is 11.1. The van der Waals surface area contributed by atoms with Gasteiger partial charge in [0, 0.05) is 0 Å². The maximum absolute atomic E-state index is 5.70. The molecule has 4 heteroatoms. The Morgan fingerprint density at radius 2 is 1.62 bits per heavy atom. The highest BCUT2D eigenvalue weighted by Crippen LogP contribution is 2.22. The van der Waals surface area contributed by atoms with Gasteiger partial charge in [-0.1, -0.05) is 41.6 Å². The fraction of sp³-hybridized carbons (Fsp3) is 0.111. The number of hydrogen-bond donors (Lipinski definition) is 0. The molecule has 0 aromatic heterocycles. The molecule has 1 aromatic carbocycles. The van der Waals surface area contributed by atoms with Crippen molar-refractivity contribution < 1.29 is 0 Å². The van der Waals surface area contributed by atoms with Crippen molar-refractivity contribution >= 4 is 45.3 Å². The summed E-state index contributed by atoms with van der Waals surface area (Å²) in [6.07, 6.45) is 1.85. The zero-order valence-corrected chi connectivity index (χ0v) is 10.4. The van der Waals surface area contributed by atoms with Crippen LogP contribution in [0.5, 0.6) is 0 Å². The van der Waals surface area contributed by atoms with Gasteiger partial charge < -0.3 is 0 Å². The minimum absolute atomic E-state index is 1.06. The second-order valence-electron chi connectivity index (χ2n) is 2.79. The minimum atomic E-state index is -2.62. The molecule has 0 N–H and O–H groups in total. The third-order valence-electron chi connectivity index (χ3n) is 1.54. The molecular formula is C9H9Cl3Si. The normalized spacial score (nSPS) is 12.3. The van der Waals surface area contributed by atoms with Crippen LogP contribution in [0, 0.1) is 6.92 Å². The molecule has 0 bridgehead atoms. The molecule has 0 aliphatic rings. The lowest BCUT2D eigenvalue weighted by Gasteiger charge is -1.99. The average molecular weight is 252 g/mol. The summed E-state index contributed by atoms with van der Waals surface area (Å²) in [4.78, 5) is 0. The topological polar surface area (TPSA) is 0 Å². The summed E-state index contributed by atoms with van der Waals surface area (Å²) in [5.41, 5.74) is 3.95. The van der Waals surface area contributed by atoms with E-state index in [0.717, 1.165) is 5.56 Å². The van der Waals surface area contributed by atoms with Gasteiger partial charge in [-0.25, -0.2) is 0 Å². The molecule has 0 atom stereocenters. The van der Waals surface area contributed by atoms with Crippen molar-refractivity contribution in [3.63, 3.8) is 0 Å². The van der Waals surface area contributed by atoms with Crippen LogP contribution >= 0.6 is 33.2 Å². The fourth-order valence-electron chi connectivity index (χ4n) is 0.868. The van der Waals surface area contributed by atoms with Crippen molar-refractivity contribution in [1.29, 1.82) is 0 Å². The molecule has 0 fully saturated rings. The molecule has 1 aromatic rings. The molecule has 0 amide bonds. The summed E-state index contributed by atoms with van der Waals surface area (Å²) < 4.78 is 0. The molecule has 0 aliphatic heterocycles. The van der Waals surface area contributed by atoms with Crippen molar-refractivity contribution in [2.45, 2.75) is 6.92 Å². The molecule has 70 valence electrons. The van der Waals surface area contributed by atoms with Crippen molar-refractivity contribution in [1.82, 2.24) is 0 Å². The molecule has 0 nitrogen and oxygen atoms in total. The SMILES string of the molecule is Cc1ccc(C=C[Si](Cl)(Cl)Cl)cc1. The van der Waals surface area contributed by atoms with Crippen LogP contribution in [0.4, 0.5) is 0 Å². The molecule has 0 radical (unpaired) electrons. The summed E-state index contributed by atoms with van der Waals surface area (Å²) in [7, 11) is 0. The fourth-order valence-corrected chi connectivity index (χ4v) is 1.82. The van der Waals surface area contributed by atoms with Gasteiger partial charge in [0.25, 0.3) is 0 Å². The third-order valence-corrected chi connectivity index (χ3v) is 3.22. The first-order valence-electron chi connectivity index (χ1n) is 3.80. The van der Waals surface area contributed by atoms with Crippen molar-refractivity contribution in [3.05, 3.63) is 41.1 Å². The van der Waals surface area contributed by atoms with Crippen LogP contribution in [0.15, 0.2) is 30.0 Å². The van der Waals surface area contributed by atoms with E-state index in [1.807, 2.05) is 37.3 Å². The maximum Gasteiger partial charge on any atom is 0.365 e. The Kier molecular flexibility index (Phi) is 3.86. The molecule has 1 rings (SSSR count). The summed E-state index contributed by atoms with van der Waals surface area (Å²) >= 11 is 17.1.